The minimum Gasteiger partial charge on any atom is -0.462 e. The number of hydrogen-bond donors (Lipinski definition) is 1. The minimum atomic E-state index is -4.38. The standard InChI is InChI=1S/C19H19F3N2O3/c1-2-27-18(25)14-11-24(16-5-3-4-15(23-26)17(14)16)10-12-6-8-13(9-7-12)19(20,21)22/h6-9,11,26H,2-5,10H2,1H3. The number of nitrogens with zero attached hydrogens (tertiary/aromatic N) is 2. The number of aromatic nitrogens is 1. The van der Waals surface area contributed by atoms with E-state index in [1.54, 1.807) is 13.1 Å². The van der Waals surface area contributed by atoms with E-state index in [1.165, 1.54) is 12.1 Å². The molecular weight excluding hydrogens is 361 g/mol. The molecule has 1 heterocycles. The molecule has 8 heteroatoms. The number of benzene rings is 1. The molecule has 0 amide bonds. The van der Waals surface area contributed by atoms with E-state index in [-0.39, 0.29) is 6.61 Å². The summed E-state index contributed by atoms with van der Waals surface area (Å²) in [6, 6.07) is 4.92. The Kier molecular flexibility index (Phi) is 5.25. The van der Waals surface area contributed by atoms with Gasteiger partial charge in [-0.3, -0.25) is 0 Å². The average molecular weight is 380 g/mol. The molecule has 5 nitrogen and oxygen atoms in total. The number of ether oxygens (including phenoxy) is 1. The lowest BCUT2D eigenvalue weighted by Crippen LogP contribution is -2.17. The van der Waals surface area contributed by atoms with Crippen molar-refractivity contribution >= 4 is 11.7 Å². The predicted octanol–water partition coefficient (Wildman–Crippen LogP) is 4.25. The summed E-state index contributed by atoms with van der Waals surface area (Å²) >= 11 is 0. The lowest BCUT2D eigenvalue weighted by atomic mass is 9.93. The Hall–Kier alpha value is -2.77. The molecule has 0 radical (unpaired) electrons. The molecule has 1 aromatic heterocycles. The highest BCUT2D eigenvalue weighted by Gasteiger charge is 2.30. The van der Waals surface area contributed by atoms with E-state index in [2.05, 4.69) is 5.16 Å². The van der Waals surface area contributed by atoms with Gasteiger partial charge >= 0.3 is 12.1 Å². The van der Waals surface area contributed by atoms with Crippen molar-refractivity contribution < 1.29 is 27.9 Å². The number of alkyl halides is 3. The van der Waals surface area contributed by atoms with Gasteiger partial charge in [0.2, 0.25) is 0 Å². The highest BCUT2D eigenvalue weighted by atomic mass is 19.4. The number of halogens is 3. The minimum absolute atomic E-state index is 0.212. The zero-order valence-corrected chi connectivity index (χ0v) is 14.7. The molecule has 27 heavy (non-hydrogen) atoms. The monoisotopic (exact) mass is 380 g/mol. The van der Waals surface area contributed by atoms with Crippen LogP contribution in [0.2, 0.25) is 0 Å². The number of esters is 1. The molecular formula is C19H19F3N2O3. The Morgan fingerprint density at radius 2 is 1.96 bits per heavy atom. The highest BCUT2D eigenvalue weighted by molar-refractivity contribution is 6.10. The highest BCUT2D eigenvalue weighted by Crippen LogP contribution is 2.31. The summed E-state index contributed by atoms with van der Waals surface area (Å²) in [5, 5.41) is 12.6. The third-order valence-electron chi connectivity index (χ3n) is 4.56. The third kappa shape index (κ3) is 3.84. The quantitative estimate of drug-likeness (QED) is 0.490. The summed E-state index contributed by atoms with van der Waals surface area (Å²) in [4.78, 5) is 12.3. The molecule has 1 aliphatic rings. The van der Waals surface area contributed by atoms with Crippen LogP contribution in [-0.4, -0.2) is 28.1 Å². The van der Waals surface area contributed by atoms with Gasteiger partial charge in [-0.05, 0) is 43.9 Å². The lowest BCUT2D eigenvalue weighted by Gasteiger charge is -2.17. The van der Waals surface area contributed by atoms with Crippen molar-refractivity contribution in [3.8, 4) is 0 Å². The second kappa shape index (κ2) is 7.46. The molecule has 144 valence electrons. The van der Waals surface area contributed by atoms with Crippen LogP contribution in [0.4, 0.5) is 13.2 Å². The summed E-state index contributed by atoms with van der Waals surface area (Å²) in [6.07, 6.45) is -0.786. The number of fused-ring (bicyclic) bond motifs is 1. The first-order valence-electron chi connectivity index (χ1n) is 8.61. The zero-order valence-electron chi connectivity index (χ0n) is 14.7. The largest absolute Gasteiger partial charge is 0.462 e. The van der Waals surface area contributed by atoms with Gasteiger partial charge in [0.15, 0.2) is 0 Å². The van der Waals surface area contributed by atoms with E-state index in [9.17, 15) is 23.2 Å². The van der Waals surface area contributed by atoms with Crippen molar-refractivity contribution in [1.82, 2.24) is 4.57 Å². The lowest BCUT2D eigenvalue weighted by molar-refractivity contribution is -0.137. The fourth-order valence-electron chi connectivity index (χ4n) is 3.34. The van der Waals surface area contributed by atoms with Crippen molar-refractivity contribution in [1.29, 1.82) is 0 Å². The van der Waals surface area contributed by atoms with Gasteiger partial charge in [0.25, 0.3) is 0 Å². The van der Waals surface area contributed by atoms with Crippen LogP contribution in [0.25, 0.3) is 0 Å². The van der Waals surface area contributed by atoms with Gasteiger partial charge in [-0.2, -0.15) is 13.2 Å². The van der Waals surface area contributed by atoms with Crippen LogP contribution in [0.3, 0.4) is 0 Å². The molecule has 3 rings (SSSR count). The van der Waals surface area contributed by atoms with Crippen LogP contribution in [0, 0.1) is 0 Å². The summed E-state index contributed by atoms with van der Waals surface area (Å²) in [6.45, 7) is 2.21. The molecule has 1 N–H and O–H groups in total. The smallest absolute Gasteiger partial charge is 0.416 e. The molecule has 0 saturated heterocycles. The fourth-order valence-corrected chi connectivity index (χ4v) is 3.34. The van der Waals surface area contributed by atoms with Crippen molar-refractivity contribution in [2.24, 2.45) is 5.16 Å². The number of rotatable bonds is 4. The second-order valence-corrected chi connectivity index (χ2v) is 6.31. The molecule has 0 aliphatic heterocycles. The van der Waals surface area contributed by atoms with Gasteiger partial charge in [-0.1, -0.05) is 17.3 Å². The van der Waals surface area contributed by atoms with Gasteiger partial charge in [-0.15, -0.1) is 0 Å². The van der Waals surface area contributed by atoms with E-state index in [0.717, 1.165) is 24.2 Å². The van der Waals surface area contributed by atoms with E-state index >= 15 is 0 Å². The van der Waals surface area contributed by atoms with Gasteiger partial charge in [0.05, 0.1) is 23.4 Å². The third-order valence-corrected chi connectivity index (χ3v) is 4.56. The molecule has 0 bridgehead atoms. The summed E-state index contributed by atoms with van der Waals surface area (Å²) in [7, 11) is 0. The van der Waals surface area contributed by atoms with Crippen molar-refractivity contribution in [3.63, 3.8) is 0 Å². The maximum Gasteiger partial charge on any atom is 0.416 e. The summed E-state index contributed by atoms with van der Waals surface area (Å²) < 4.78 is 45.1. The first-order chi connectivity index (χ1) is 12.8. The maximum atomic E-state index is 12.7. The number of carbonyl (C=O) groups excluding carboxylic acids is 1. The molecule has 0 saturated carbocycles. The molecule has 0 spiro atoms. The van der Waals surface area contributed by atoms with Gasteiger partial charge < -0.3 is 14.5 Å². The van der Waals surface area contributed by atoms with Gasteiger partial charge in [0, 0.05) is 24.0 Å². The van der Waals surface area contributed by atoms with Crippen molar-refractivity contribution in [2.45, 2.75) is 38.9 Å². The number of carbonyl (C=O) groups is 1. The van der Waals surface area contributed by atoms with E-state index < -0.39 is 17.7 Å². The van der Waals surface area contributed by atoms with Crippen LogP contribution in [-0.2, 0) is 23.9 Å². The molecule has 1 aliphatic carbocycles. The van der Waals surface area contributed by atoms with Crippen molar-refractivity contribution in [2.75, 3.05) is 6.61 Å². The molecule has 0 atom stereocenters. The predicted molar refractivity (Wildman–Crippen MR) is 92.2 cm³/mol. The Morgan fingerprint density at radius 3 is 2.56 bits per heavy atom. The van der Waals surface area contributed by atoms with Crippen LogP contribution < -0.4 is 0 Å². The zero-order chi connectivity index (χ0) is 19.6. The first kappa shape index (κ1) is 19.0. The Bertz CT molecular complexity index is 868. The molecule has 0 unspecified atom stereocenters. The Morgan fingerprint density at radius 1 is 1.26 bits per heavy atom. The first-order valence-corrected chi connectivity index (χ1v) is 8.61. The van der Waals surface area contributed by atoms with E-state index in [4.69, 9.17) is 4.74 Å². The van der Waals surface area contributed by atoms with Crippen molar-refractivity contribution in [3.05, 3.63) is 58.4 Å². The normalized spacial score (nSPS) is 15.6. The van der Waals surface area contributed by atoms with Crippen LogP contribution in [0.5, 0.6) is 0 Å². The van der Waals surface area contributed by atoms with E-state index in [1.807, 2.05) is 4.57 Å². The Labute approximate surface area is 154 Å². The maximum absolute atomic E-state index is 12.7. The second-order valence-electron chi connectivity index (χ2n) is 6.31. The van der Waals surface area contributed by atoms with Gasteiger partial charge in [0.1, 0.15) is 0 Å². The van der Waals surface area contributed by atoms with Gasteiger partial charge in [-0.25, -0.2) is 4.79 Å². The number of oxime groups is 1. The molecule has 1 aromatic carbocycles. The van der Waals surface area contributed by atoms with Crippen LogP contribution >= 0.6 is 0 Å². The van der Waals surface area contributed by atoms with Crippen LogP contribution in [0.15, 0.2) is 35.6 Å². The molecule has 0 fully saturated rings. The van der Waals surface area contributed by atoms with Crippen LogP contribution in [0.1, 0.15) is 52.5 Å². The summed E-state index contributed by atoms with van der Waals surface area (Å²) in [5.41, 5.74) is 2.08. The topological polar surface area (TPSA) is 63.8 Å². The molecule has 2 aromatic rings. The Balaban J connectivity index is 1.97. The average Bonchev–Trinajstić information content (AvgIpc) is 3.00. The SMILES string of the molecule is CCOC(=O)c1cn(Cc2ccc(C(F)(F)F)cc2)c2c1C(=NO)CCC2. The fraction of sp³-hybridized carbons (Fsp3) is 0.368. The summed E-state index contributed by atoms with van der Waals surface area (Å²) in [5.74, 6) is -0.511. The van der Waals surface area contributed by atoms with E-state index in [0.29, 0.717) is 41.8 Å². The number of hydrogen-bond acceptors (Lipinski definition) is 4.